The van der Waals surface area contributed by atoms with E-state index in [1.54, 1.807) is 6.07 Å². The molecule has 100 valence electrons. The third-order valence-electron chi connectivity index (χ3n) is 2.84. The van der Waals surface area contributed by atoms with Gasteiger partial charge in [0.25, 0.3) is 5.91 Å². The Hall–Kier alpha value is -1.68. The van der Waals surface area contributed by atoms with Gasteiger partial charge in [-0.2, -0.15) is 4.37 Å². The molecule has 1 heterocycles. The van der Waals surface area contributed by atoms with E-state index in [1.165, 1.54) is 11.5 Å². The van der Waals surface area contributed by atoms with E-state index in [9.17, 15) is 4.79 Å². The lowest BCUT2D eigenvalue weighted by molar-refractivity contribution is 0.102. The van der Waals surface area contributed by atoms with Crippen LogP contribution in [0.2, 0.25) is 0 Å². The van der Waals surface area contributed by atoms with Gasteiger partial charge < -0.3 is 5.32 Å². The number of hydrogen-bond acceptors (Lipinski definition) is 3. The first-order valence-electron chi connectivity index (χ1n) is 6.22. The molecule has 0 saturated carbocycles. The van der Waals surface area contributed by atoms with Crippen molar-refractivity contribution in [3.63, 3.8) is 0 Å². The second-order valence-electron chi connectivity index (χ2n) is 5.57. The highest BCUT2D eigenvalue weighted by Gasteiger charge is 2.19. The van der Waals surface area contributed by atoms with Crippen molar-refractivity contribution in [2.75, 3.05) is 5.32 Å². The number of hydrogen-bond donors (Lipinski definition) is 1. The van der Waals surface area contributed by atoms with Crippen molar-refractivity contribution < 1.29 is 4.79 Å². The molecule has 1 N–H and O–H groups in total. The molecule has 0 aliphatic heterocycles. The lowest BCUT2D eigenvalue weighted by Crippen LogP contribution is -2.18. The SMILES string of the molecule is Cc1cc(C(=O)Nc2ccccc2C(C)(C)C)ns1. The maximum absolute atomic E-state index is 12.1. The molecular weight excluding hydrogens is 256 g/mol. The van der Waals surface area contributed by atoms with Crippen LogP contribution in [0, 0.1) is 6.92 Å². The first-order valence-corrected chi connectivity index (χ1v) is 6.99. The van der Waals surface area contributed by atoms with Crippen LogP contribution in [0.5, 0.6) is 0 Å². The quantitative estimate of drug-likeness (QED) is 0.899. The van der Waals surface area contributed by atoms with Gasteiger partial charge in [0.15, 0.2) is 0 Å². The number of aryl methyl sites for hydroxylation is 1. The Labute approximate surface area is 117 Å². The van der Waals surface area contributed by atoms with Gasteiger partial charge in [0.1, 0.15) is 5.69 Å². The van der Waals surface area contributed by atoms with E-state index in [-0.39, 0.29) is 11.3 Å². The van der Waals surface area contributed by atoms with Crippen LogP contribution in [-0.4, -0.2) is 10.3 Å². The summed E-state index contributed by atoms with van der Waals surface area (Å²) in [6, 6.07) is 9.69. The molecule has 0 aliphatic carbocycles. The van der Waals surface area contributed by atoms with Gasteiger partial charge in [0, 0.05) is 10.6 Å². The summed E-state index contributed by atoms with van der Waals surface area (Å²) in [6.07, 6.45) is 0. The Kier molecular flexibility index (Phi) is 3.71. The number of benzene rings is 1. The van der Waals surface area contributed by atoms with Crippen LogP contribution in [0.25, 0.3) is 0 Å². The van der Waals surface area contributed by atoms with Crippen LogP contribution in [0.4, 0.5) is 5.69 Å². The first kappa shape index (κ1) is 13.7. The average Bonchev–Trinajstić information content (AvgIpc) is 2.75. The summed E-state index contributed by atoms with van der Waals surface area (Å²) in [7, 11) is 0. The highest BCUT2D eigenvalue weighted by molar-refractivity contribution is 7.05. The lowest BCUT2D eigenvalue weighted by Gasteiger charge is -2.22. The number of anilines is 1. The summed E-state index contributed by atoms with van der Waals surface area (Å²) < 4.78 is 4.13. The van der Waals surface area contributed by atoms with Gasteiger partial charge in [-0.1, -0.05) is 39.0 Å². The van der Waals surface area contributed by atoms with Gasteiger partial charge in [0.05, 0.1) is 0 Å². The standard InChI is InChI=1S/C15H18N2OS/c1-10-9-13(17-19-10)14(18)16-12-8-6-5-7-11(12)15(2,3)4/h5-9H,1-4H3,(H,16,18). The third kappa shape index (κ3) is 3.20. The van der Waals surface area contributed by atoms with E-state index >= 15 is 0 Å². The zero-order valence-corrected chi connectivity index (χ0v) is 12.5. The van der Waals surface area contributed by atoms with Gasteiger partial charge in [0.2, 0.25) is 0 Å². The second-order valence-corrected chi connectivity index (χ2v) is 6.58. The molecule has 19 heavy (non-hydrogen) atoms. The van der Waals surface area contributed by atoms with Crippen molar-refractivity contribution in [1.29, 1.82) is 0 Å². The highest BCUT2D eigenvalue weighted by atomic mass is 32.1. The minimum atomic E-state index is -0.152. The highest BCUT2D eigenvalue weighted by Crippen LogP contribution is 2.29. The van der Waals surface area contributed by atoms with Crippen molar-refractivity contribution in [1.82, 2.24) is 4.37 Å². The minimum Gasteiger partial charge on any atom is -0.320 e. The van der Waals surface area contributed by atoms with Gasteiger partial charge in [-0.25, -0.2) is 0 Å². The molecule has 2 aromatic rings. The van der Waals surface area contributed by atoms with E-state index in [0.29, 0.717) is 5.69 Å². The van der Waals surface area contributed by atoms with Gasteiger partial charge >= 0.3 is 0 Å². The van der Waals surface area contributed by atoms with Crippen molar-refractivity contribution in [3.05, 3.63) is 46.5 Å². The van der Waals surface area contributed by atoms with E-state index < -0.39 is 0 Å². The first-order chi connectivity index (χ1) is 8.88. The molecule has 0 unspecified atom stereocenters. The molecule has 2 rings (SSSR count). The minimum absolute atomic E-state index is 0.0120. The molecule has 1 aromatic heterocycles. The molecule has 1 amide bonds. The summed E-state index contributed by atoms with van der Waals surface area (Å²) in [5, 5.41) is 2.95. The zero-order valence-electron chi connectivity index (χ0n) is 11.7. The van der Waals surface area contributed by atoms with E-state index in [4.69, 9.17) is 0 Å². The number of para-hydroxylation sites is 1. The number of nitrogens with zero attached hydrogens (tertiary/aromatic N) is 1. The summed E-state index contributed by atoms with van der Waals surface area (Å²) in [5.74, 6) is -0.152. The van der Waals surface area contributed by atoms with E-state index in [2.05, 4.69) is 30.5 Å². The molecule has 3 nitrogen and oxygen atoms in total. The van der Waals surface area contributed by atoms with Crippen LogP contribution >= 0.6 is 11.5 Å². The predicted octanol–water partition coefficient (Wildman–Crippen LogP) is 4.00. The second kappa shape index (κ2) is 5.13. The molecular formula is C15H18N2OS. The van der Waals surface area contributed by atoms with Crippen LogP contribution in [0.3, 0.4) is 0 Å². The molecule has 1 aromatic carbocycles. The van der Waals surface area contributed by atoms with Crippen LogP contribution < -0.4 is 5.32 Å². The Bertz CT molecular complexity index is 596. The fourth-order valence-corrected chi connectivity index (χ4v) is 2.45. The smallest absolute Gasteiger partial charge is 0.275 e. The van der Waals surface area contributed by atoms with Crippen molar-refractivity contribution in [3.8, 4) is 0 Å². The molecule has 0 bridgehead atoms. The van der Waals surface area contributed by atoms with Gasteiger partial charge in [-0.15, -0.1) is 0 Å². The number of carbonyl (C=O) groups is 1. The van der Waals surface area contributed by atoms with Crippen LogP contribution in [-0.2, 0) is 5.41 Å². The molecule has 0 spiro atoms. The van der Waals surface area contributed by atoms with Crippen LogP contribution in [0.1, 0.15) is 41.7 Å². The van der Waals surface area contributed by atoms with Crippen molar-refractivity contribution in [2.24, 2.45) is 0 Å². The number of carbonyl (C=O) groups excluding carboxylic acids is 1. The molecule has 0 saturated heterocycles. The number of aromatic nitrogens is 1. The van der Waals surface area contributed by atoms with Crippen molar-refractivity contribution >= 4 is 23.1 Å². The van der Waals surface area contributed by atoms with E-state index in [0.717, 1.165) is 16.1 Å². The number of amides is 1. The maximum Gasteiger partial charge on any atom is 0.275 e. The summed E-state index contributed by atoms with van der Waals surface area (Å²) in [6.45, 7) is 8.33. The van der Waals surface area contributed by atoms with Gasteiger partial charge in [-0.3, -0.25) is 4.79 Å². The normalized spacial score (nSPS) is 11.4. The van der Waals surface area contributed by atoms with Gasteiger partial charge in [-0.05, 0) is 41.6 Å². The summed E-state index contributed by atoms with van der Waals surface area (Å²) in [5.41, 5.74) is 2.44. The lowest BCUT2D eigenvalue weighted by atomic mass is 9.86. The Morgan fingerprint density at radius 1 is 1.26 bits per heavy atom. The number of rotatable bonds is 2. The topological polar surface area (TPSA) is 42.0 Å². The maximum atomic E-state index is 12.1. The number of nitrogens with one attached hydrogen (secondary N) is 1. The fourth-order valence-electron chi connectivity index (χ4n) is 1.91. The average molecular weight is 274 g/mol. The monoisotopic (exact) mass is 274 g/mol. The largest absolute Gasteiger partial charge is 0.320 e. The Morgan fingerprint density at radius 2 is 1.95 bits per heavy atom. The van der Waals surface area contributed by atoms with Crippen LogP contribution in [0.15, 0.2) is 30.3 Å². The fraction of sp³-hybridized carbons (Fsp3) is 0.333. The van der Waals surface area contributed by atoms with Crippen molar-refractivity contribution in [2.45, 2.75) is 33.1 Å². The Balaban J connectivity index is 2.27. The Morgan fingerprint density at radius 3 is 2.53 bits per heavy atom. The summed E-state index contributed by atoms with van der Waals surface area (Å²) >= 11 is 1.34. The molecule has 0 aliphatic rings. The summed E-state index contributed by atoms with van der Waals surface area (Å²) in [4.78, 5) is 13.2. The zero-order chi connectivity index (χ0) is 14.0. The third-order valence-corrected chi connectivity index (χ3v) is 3.54. The molecule has 0 radical (unpaired) electrons. The molecule has 0 fully saturated rings. The van der Waals surface area contributed by atoms with E-state index in [1.807, 2.05) is 31.2 Å². The molecule has 4 heteroatoms. The molecule has 0 atom stereocenters. The predicted molar refractivity (Wildman–Crippen MR) is 79.9 cm³/mol.